The molecule has 2 aromatic rings. The molecule has 0 unspecified atom stereocenters. The highest BCUT2D eigenvalue weighted by atomic mass is 32.2. The van der Waals surface area contributed by atoms with E-state index in [4.69, 9.17) is 4.74 Å². The predicted octanol–water partition coefficient (Wildman–Crippen LogP) is 4.15. The molecule has 5 atom stereocenters. The van der Waals surface area contributed by atoms with Gasteiger partial charge in [0.1, 0.15) is 10.6 Å². The molecule has 0 spiro atoms. The third-order valence-electron chi connectivity index (χ3n) is 7.77. The minimum Gasteiger partial charge on any atom is -0.490 e. The number of fused-ring (bicyclic) bond motifs is 5. The normalized spacial score (nSPS) is 31.5. The monoisotopic (exact) mass is 551 g/mol. The van der Waals surface area contributed by atoms with Crippen LogP contribution in [0, 0.1) is 23.5 Å². The van der Waals surface area contributed by atoms with Crippen LogP contribution in [0.5, 0.6) is 5.75 Å². The topological polar surface area (TPSA) is 89.5 Å². The van der Waals surface area contributed by atoms with E-state index in [0.29, 0.717) is 12.1 Å². The Morgan fingerprint density at radius 1 is 1.06 bits per heavy atom. The van der Waals surface area contributed by atoms with Gasteiger partial charge in [-0.1, -0.05) is 0 Å². The van der Waals surface area contributed by atoms with Crippen molar-refractivity contribution in [3.05, 3.63) is 59.2 Å². The van der Waals surface area contributed by atoms with Crippen LogP contribution in [0.25, 0.3) is 0 Å². The molecule has 1 aliphatic carbocycles. The number of sulfonamides is 1. The number of nitrogens with one attached hydrogen (secondary N) is 1. The molecule has 5 rings (SSSR count). The van der Waals surface area contributed by atoms with E-state index in [1.54, 1.807) is 0 Å². The van der Waals surface area contributed by atoms with Crippen molar-refractivity contribution in [1.29, 1.82) is 0 Å². The van der Waals surface area contributed by atoms with Gasteiger partial charge in [0.15, 0.2) is 21.4 Å². The van der Waals surface area contributed by atoms with Crippen LogP contribution in [0.1, 0.15) is 37.3 Å². The number of hydrogen-bond acceptors (Lipinski definition) is 5. The van der Waals surface area contributed by atoms with Gasteiger partial charge in [0.2, 0.25) is 10.0 Å². The number of benzene rings is 2. The van der Waals surface area contributed by atoms with E-state index in [9.17, 15) is 34.4 Å². The van der Waals surface area contributed by atoms with Crippen LogP contribution in [0.3, 0.4) is 0 Å². The van der Waals surface area contributed by atoms with Gasteiger partial charge in [0.25, 0.3) is 0 Å². The van der Waals surface area contributed by atoms with Gasteiger partial charge in [-0.3, -0.25) is 0 Å². The number of ether oxygens (including phenoxy) is 1. The van der Waals surface area contributed by atoms with E-state index in [1.165, 1.54) is 6.92 Å². The molecule has 36 heavy (non-hydrogen) atoms. The molecule has 13 heteroatoms. The smallest absolute Gasteiger partial charge is 0.416 e. The average Bonchev–Trinajstić information content (AvgIpc) is 2.81. The highest BCUT2D eigenvalue weighted by Gasteiger charge is 2.64. The Hall–Kier alpha value is -2.25. The minimum atomic E-state index is -4.70. The van der Waals surface area contributed by atoms with Crippen molar-refractivity contribution < 1.29 is 43.5 Å². The van der Waals surface area contributed by atoms with Gasteiger partial charge in [-0.2, -0.15) is 13.2 Å². The summed E-state index contributed by atoms with van der Waals surface area (Å²) in [7, 11) is -8.28. The summed E-state index contributed by atoms with van der Waals surface area (Å²) in [5, 5.41) is -0.873. The summed E-state index contributed by atoms with van der Waals surface area (Å²) in [5.74, 6) is -4.12. The lowest BCUT2D eigenvalue weighted by Gasteiger charge is -2.54. The molecule has 0 aromatic heterocycles. The number of rotatable bonds is 2. The van der Waals surface area contributed by atoms with Crippen molar-refractivity contribution in [3.8, 4) is 5.75 Å². The second kappa shape index (κ2) is 8.12. The Morgan fingerprint density at radius 2 is 1.69 bits per heavy atom. The van der Waals surface area contributed by atoms with Gasteiger partial charge in [-0.25, -0.2) is 30.3 Å². The van der Waals surface area contributed by atoms with E-state index < -0.39 is 87.3 Å². The van der Waals surface area contributed by atoms with Crippen molar-refractivity contribution >= 4 is 19.9 Å². The quantitative estimate of drug-likeness (QED) is 0.567. The Labute approximate surface area is 204 Å². The predicted molar refractivity (Wildman–Crippen MR) is 118 cm³/mol. The van der Waals surface area contributed by atoms with Crippen molar-refractivity contribution in [3.63, 3.8) is 0 Å². The zero-order chi connectivity index (χ0) is 26.3. The lowest BCUT2D eigenvalue weighted by atomic mass is 9.64. The van der Waals surface area contributed by atoms with Gasteiger partial charge in [-0.05, 0) is 68.5 Å². The standard InChI is InChI=1S/C23H22F5NO5S2/c1-12-10-15-16-11-34-21-18(25)7-6-17(24)20(21)22(16,9-8-19(15)29-36(12,32)33)35(30,31)14-4-2-13(3-5-14)23(26,27)28/h2-7,12,15-16,19,29H,8-11H2,1H3/t12-,15-,16+,19+,22+/m1/s1. The molecule has 1 saturated heterocycles. The van der Waals surface area contributed by atoms with Crippen molar-refractivity contribution in [2.75, 3.05) is 6.61 Å². The Bertz CT molecular complexity index is 1430. The van der Waals surface area contributed by atoms with Crippen molar-refractivity contribution in [1.82, 2.24) is 4.72 Å². The molecular weight excluding hydrogens is 529 g/mol. The highest BCUT2D eigenvalue weighted by molar-refractivity contribution is 7.92. The van der Waals surface area contributed by atoms with E-state index in [-0.39, 0.29) is 25.9 Å². The molecule has 6 nitrogen and oxygen atoms in total. The lowest BCUT2D eigenvalue weighted by molar-refractivity contribution is -0.137. The van der Waals surface area contributed by atoms with Gasteiger partial charge in [-0.15, -0.1) is 0 Å². The molecule has 196 valence electrons. The fourth-order valence-electron chi connectivity index (χ4n) is 6.02. The molecule has 1 saturated carbocycles. The molecule has 0 amide bonds. The maximum absolute atomic E-state index is 15.4. The molecular formula is C23H22F5NO5S2. The zero-order valence-corrected chi connectivity index (χ0v) is 20.5. The minimum absolute atomic E-state index is 0.00236. The third-order valence-corrected chi connectivity index (χ3v) is 12.2. The molecule has 2 aromatic carbocycles. The summed E-state index contributed by atoms with van der Waals surface area (Å²) in [6.07, 6.45) is -4.92. The fourth-order valence-corrected chi connectivity index (χ4v) is 9.84. The SMILES string of the molecule is C[C@@H]1C[C@H]2[C@H](CC[C@@]3(S(=O)(=O)c4ccc(C(F)(F)F)cc4)c4c(F)ccc(F)c4OC[C@@H]23)NS1(=O)=O. The van der Waals surface area contributed by atoms with E-state index in [1.807, 2.05) is 0 Å². The molecule has 0 radical (unpaired) electrons. The van der Waals surface area contributed by atoms with Crippen LogP contribution in [0.4, 0.5) is 22.0 Å². The first-order valence-electron chi connectivity index (χ1n) is 11.2. The summed E-state index contributed by atoms with van der Waals surface area (Å²) in [5.41, 5.74) is -1.56. The Morgan fingerprint density at radius 3 is 2.33 bits per heavy atom. The number of hydrogen-bond donors (Lipinski definition) is 1. The van der Waals surface area contributed by atoms with Crippen LogP contribution in [-0.4, -0.2) is 34.7 Å². The van der Waals surface area contributed by atoms with Crippen LogP contribution in [0.2, 0.25) is 0 Å². The molecule has 1 N–H and O–H groups in total. The second-order valence-electron chi connectivity index (χ2n) is 9.58. The Balaban J connectivity index is 1.73. The zero-order valence-electron chi connectivity index (χ0n) is 18.8. The lowest BCUT2D eigenvalue weighted by Crippen LogP contribution is -2.63. The van der Waals surface area contributed by atoms with E-state index in [0.717, 1.165) is 24.3 Å². The van der Waals surface area contributed by atoms with Gasteiger partial charge in [0.05, 0.1) is 27.9 Å². The first kappa shape index (κ1) is 25.4. The second-order valence-corrected chi connectivity index (χ2v) is 13.9. The maximum atomic E-state index is 15.4. The Kier molecular flexibility index (Phi) is 5.73. The van der Waals surface area contributed by atoms with E-state index in [2.05, 4.69) is 4.72 Å². The summed E-state index contributed by atoms with van der Waals surface area (Å²) < 4.78 is 129. The molecule has 2 aliphatic heterocycles. The third kappa shape index (κ3) is 3.57. The molecule has 3 aliphatic rings. The summed E-state index contributed by atoms with van der Waals surface area (Å²) in [4.78, 5) is -0.472. The van der Waals surface area contributed by atoms with Crippen LogP contribution in [-0.2, 0) is 30.8 Å². The van der Waals surface area contributed by atoms with E-state index >= 15 is 4.39 Å². The van der Waals surface area contributed by atoms with Crippen molar-refractivity contribution in [2.45, 2.75) is 53.3 Å². The molecule has 2 fully saturated rings. The van der Waals surface area contributed by atoms with Gasteiger partial charge >= 0.3 is 6.18 Å². The first-order chi connectivity index (χ1) is 16.7. The summed E-state index contributed by atoms with van der Waals surface area (Å²) in [6, 6.07) is 3.85. The van der Waals surface area contributed by atoms with Crippen molar-refractivity contribution in [2.24, 2.45) is 11.8 Å². The first-order valence-corrected chi connectivity index (χ1v) is 14.3. The summed E-state index contributed by atoms with van der Waals surface area (Å²) in [6.45, 7) is 1.14. The number of halogens is 5. The number of sulfone groups is 1. The molecule has 2 heterocycles. The average molecular weight is 552 g/mol. The van der Waals surface area contributed by atoms with Gasteiger partial charge in [0, 0.05) is 12.0 Å². The fraction of sp³-hybridized carbons (Fsp3) is 0.478. The molecule has 0 bridgehead atoms. The maximum Gasteiger partial charge on any atom is 0.416 e. The number of alkyl halides is 3. The van der Waals surface area contributed by atoms with Crippen LogP contribution >= 0.6 is 0 Å². The van der Waals surface area contributed by atoms with Crippen LogP contribution in [0.15, 0.2) is 41.3 Å². The largest absolute Gasteiger partial charge is 0.490 e. The van der Waals surface area contributed by atoms with Gasteiger partial charge < -0.3 is 4.74 Å². The highest BCUT2D eigenvalue weighted by Crippen LogP contribution is 2.59. The summed E-state index contributed by atoms with van der Waals surface area (Å²) >= 11 is 0. The van der Waals surface area contributed by atoms with Crippen LogP contribution < -0.4 is 9.46 Å².